The van der Waals surface area contributed by atoms with Gasteiger partial charge < -0.3 is 0 Å². The summed E-state index contributed by atoms with van der Waals surface area (Å²) < 4.78 is 2.44. The zero-order chi connectivity index (χ0) is 21.9. The van der Waals surface area contributed by atoms with Gasteiger partial charge in [0.05, 0.1) is 12.0 Å². The standard InChI is InChI=1S/C28H54N2/c1-5-7-8-9-10-11-12-13-14-15-16-17-18-19-20-21-23-27(22-6-2)28-29-24-25-30(28)26(3)4/h24-27H,5-23H2,1-4H3/p+1/t27-/m0/s1. The third-order valence-corrected chi connectivity index (χ3v) is 6.73. The van der Waals surface area contributed by atoms with Crippen LogP contribution in [0.25, 0.3) is 0 Å². The maximum atomic E-state index is 3.54. The van der Waals surface area contributed by atoms with Gasteiger partial charge in [-0.25, -0.2) is 9.55 Å². The van der Waals surface area contributed by atoms with Crippen LogP contribution in [0, 0.1) is 0 Å². The Kier molecular flexibility index (Phi) is 17.2. The molecule has 2 nitrogen and oxygen atoms in total. The van der Waals surface area contributed by atoms with Crippen LogP contribution in [0.3, 0.4) is 0 Å². The molecule has 2 heteroatoms. The zero-order valence-corrected chi connectivity index (χ0v) is 21.2. The minimum Gasteiger partial charge on any atom is -0.247 e. The number of aromatic nitrogens is 2. The van der Waals surface area contributed by atoms with E-state index in [1.807, 2.05) is 0 Å². The molecule has 176 valence electrons. The van der Waals surface area contributed by atoms with Crippen molar-refractivity contribution < 1.29 is 4.57 Å². The number of hydrogen-bond acceptors (Lipinski definition) is 0. The molecule has 1 atom stereocenters. The minimum atomic E-state index is 0.552. The van der Waals surface area contributed by atoms with Gasteiger partial charge in [-0.05, 0) is 26.7 Å². The van der Waals surface area contributed by atoms with E-state index in [9.17, 15) is 0 Å². The Balaban J connectivity index is 1.96. The Bertz CT molecular complexity index is 477. The fourth-order valence-corrected chi connectivity index (χ4v) is 4.84. The van der Waals surface area contributed by atoms with Gasteiger partial charge in [0, 0.05) is 0 Å². The van der Waals surface area contributed by atoms with Gasteiger partial charge in [0.2, 0.25) is 0 Å². The van der Waals surface area contributed by atoms with Crippen LogP contribution in [-0.4, -0.2) is 4.98 Å². The van der Waals surface area contributed by atoms with Gasteiger partial charge in [-0.1, -0.05) is 123 Å². The number of hydrogen-bond donors (Lipinski definition) is 1. The lowest BCUT2D eigenvalue weighted by atomic mass is 9.94. The molecule has 1 rings (SSSR count). The summed E-state index contributed by atoms with van der Waals surface area (Å²) in [5, 5.41) is 0. The van der Waals surface area contributed by atoms with Crippen molar-refractivity contribution in [2.75, 3.05) is 0 Å². The number of unbranched alkanes of at least 4 members (excludes halogenated alkanes) is 15. The molecule has 0 aromatic carbocycles. The Morgan fingerprint density at radius 3 is 1.53 bits per heavy atom. The first-order valence-electron chi connectivity index (χ1n) is 13.8. The van der Waals surface area contributed by atoms with Gasteiger partial charge in [0.15, 0.2) is 0 Å². The van der Waals surface area contributed by atoms with Crippen molar-refractivity contribution in [3.8, 4) is 0 Å². The first-order chi connectivity index (χ1) is 14.7. The zero-order valence-electron chi connectivity index (χ0n) is 21.2. The molecule has 0 spiro atoms. The number of H-pyrrole nitrogens is 1. The van der Waals surface area contributed by atoms with Crippen LogP contribution in [0.15, 0.2) is 12.4 Å². The fraction of sp³-hybridized carbons (Fsp3) is 0.893. The summed E-state index contributed by atoms with van der Waals surface area (Å²) in [7, 11) is 0. The largest absolute Gasteiger partial charge is 0.257 e. The lowest BCUT2D eigenvalue weighted by Crippen LogP contribution is -2.39. The first kappa shape index (κ1) is 27.2. The van der Waals surface area contributed by atoms with E-state index in [0.29, 0.717) is 12.0 Å². The van der Waals surface area contributed by atoms with Crippen molar-refractivity contribution >= 4 is 0 Å². The number of imidazole rings is 1. The van der Waals surface area contributed by atoms with E-state index in [0.717, 1.165) is 0 Å². The van der Waals surface area contributed by atoms with Gasteiger partial charge in [0.1, 0.15) is 12.4 Å². The second-order valence-electron chi connectivity index (χ2n) is 9.92. The predicted octanol–water partition coefficient (Wildman–Crippen LogP) is 9.42. The second-order valence-corrected chi connectivity index (χ2v) is 9.92. The highest BCUT2D eigenvalue weighted by atomic mass is 15.1. The summed E-state index contributed by atoms with van der Waals surface area (Å²) in [5.41, 5.74) is 0. The molecule has 0 amide bonds. The van der Waals surface area contributed by atoms with Gasteiger partial charge in [-0.3, -0.25) is 0 Å². The molecule has 1 aromatic rings. The lowest BCUT2D eigenvalue weighted by molar-refractivity contribution is -0.723. The monoisotopic (exact) mass is 419 g/mol. The molecule has 1 aromatic heterocycles. The van der Waals surface area contributed by atoms with E-state index in [-0.39, 0.29) is 0 Å². The molecule has 0 unspecified atom stereocenters. The van der Waals surface area contributed by atoms with Gasteiger partial charge in [0.25, 0.3) is 5.82 Å². The van der Waals surface area contributed by atoms with Crippen molar-refractivity contribution in [3.05, 3.63) is 18.2 Å². The van der Waals surface area contributed by atoms with Crippen molar-refractivity contribution in [2.24, 2.45) is 0 Å². The Morgan fingerprint density at radius 1 is 0.633 bits per heavy atom. The molecule has 0 bridgehead atoms. The number of nitrogens with zero attached hydrogens (tertiary/aromatic N) is 1. The molecule has 1 heterocycles. The summed E-state index contributed by atoms with van der Waals surface area (Å²) in [4.78, 5) is 3.54. The lowest BCUT2D eigenvalue weighted by Gasteiger charge is -2.14. The van der Waals surface area contributed by atoms with E-state index in [4.69, 9.17) is 0 Å². The number of nitrogens with one attached hydrogen (secondary N) is 1. The molecule has 0 aliphatic rings. The van der Waals surface area contributed by atoms with Crippen LogP contribution < -0.4 is 4.57 Å². The molecule has 30 heavy (non-hydrogen) atoms. The van der Waals surface area contributed by atoms with E-state index in [1.165, 1.54) is 128 Å². The van der Waals surface area contributed by atoms with Crippen molar-refractivity contribution in [2.45, 2.75) is 162 Å². The van der Waals surface area contributed by atoms with E-state index >= 15 is 0 Å². The molecule has 0 saturated heterocycles. The van der Waals surface area contributed by atoms with E-state index < -0.39 is 0 Å². The summed E-state index contributed by atoms with van der Waals surface area (Å²) in [6.07, 6.45) is 31.4. The number of rotatable bonds is 21. The SMILES string of the molecule is CCCCCCCCCCCCCCCCCC[C@H](CCC)c1[nH]cc[n+]1C(C)C. The quantitative estimate of drug-likeness (QED) is 0.151. The highest BCUT2D eigenvalue weighted by Crippen LogP contribution is 2.25. The summed E-state index contributed by atoms with van der Waals surface area (Å²) >= 11 is 0. The minimum absolute atomic E-state index is 0.552. The summed E-state index contributed by atoms with van der Waals surface area (Å²) in [6, 6.07) is 0.552. The molecular weight excluding hydrogens is 364 g/mol. The molecule has 0 radical (unpaired) electrons. The maximum absolute atomic E-state index is 3.54. The summed E-state index contributed by atoms with van der Waals surface area (Å²) in [6.45, 7) is 9.20. The summed E-state index contributed by atoms with van der Waals surface area (Å²) in [5.74, 6) is 2.16. The fourth-order valence-electron chi connectivity index (χ4n) is 4.84. The van der Waals surface area contributed by atoms with Gasteiger partial charge in [-0.2, -0.15) is 0 Å². The second kappa shape index (κ2) is 18.9. The van der Waals surface area contributed by atoms with Crippen LogP contribution >= 0.6 is 0 Å². The average molecular weight is 420 g/mol. The Morgan fingerprint density at radius 2 is 1.10 bits per heavy atom. The smallest absolute Gasteiger partial charge is 0.247 e. The Hall–Kier alpha value is -0.790. The predicted molar refractivity (Wildman–Crippen MR) is 133 cm³/mol. The van der Waals surface area contributed by atoms with Gasteiger partial charge >= 0.3 is 0 Å². The topological polar surface area (TPSA) is 19.7 Å². The number of aromatic amines is 1. The molecule has 0 aliphatic carbocycles. The molecule has 1 N–H and O–H groups in total. The Labute approximate surface area is 189 Å². The highest BCUT2D eigenvalue weighted by Gasteiger charge is 2.23. The molecule has 0 saturated carbocycles. The van der Waals surface area contributed by atoms with E-state index in [2.05, 4.69) is 49.6 Å². The van der Waals surface area contributed by atoms with Crippen LogP contribution in [-0.2, 0) is 0 Å². The third-order valence-electron chi connectivity index (χ3n) is 6.73. The van der Waals surface area contributed by atoms with E-state index in [1.54, 1.807) is 0 Å². The average Bonchev–Trinajstić information content (AvgIpc) is 3.23. The third kappa shape index (κ3) is 12.8. The molecule has 0 fully saturated rings. The van der Waals surface area contributed by atoms with Crippen LogP contribution in [0.4, 0.5) is 0 Å². The highest BCUT2D eigenvalue weighted by molar-refractivity contribution is 4.90. The molecular formula is C28H55N2+. The van der Waals surface area contributed by atoms with Crippen LogP contribution in [0.5, 0.6) is 0 Å². The van der Waals surface area contributed by atoms with Crippen molar-refractivity contribution in [1.29, 1.82) is 0 Å². The molecule has 0 aliphatic heterocycles. The van der Waals surface area contributed by atoms with Crippen molar-refractivity contribution in [3.63, 3.8) is 0 Å². The van der Waals surface area contributed by atoms with Gasteiger partial charge in [-0.15, -0.1) is 0 Å². The first-order valence-corrected chi connectivity index (χ1v) is 13.8. The van der Waals surface area contributed by atoms with Crippen molar-refractivity contribution in [1.82, 2.24) is 4.98 Å². The maximum Gasteiger partial charge on any atom is 0.257 e. The van der Waals surface area contributed by atoms with Crippen LogP contribution in [0.2, 0.25) is 0 Å². The normalized spacial score (nSPS) is 12.7. The van der Waals surface area contributed by atoms with Crippen LogP contribution in [0.1, 0.15) is 167 Å².